The highest BCUT2D eigenvalue weighted by Gasteiger charge is 2.38. The van der Waals surface area contributed by atoms with Gasteiger partial charge in [-0.25, -0.2) is 4.98 Å². The first-order valence-corrected chi connectivity index (χ1v) is 8.23. The van der Waals surface area contributed by atoms with E-state index in [1.54, 1.807) is 11.3 Å². The molecule has 2 N–H and O–H groups in total. The van der Waals surface area contributed by atoms with Crippen molar-refractivity contribution >= 4 is 11.3 Å². The van der Waals surface area contributed by atoms with E-state index in [2.05, 4.69) is 27.3 Å². The highest BCUT2D eigenvalue weighted by atomic mass is 32.1. The molecule has 2 heterocycles. The molecule has 6 heteroatoms. The van der Waals surface area contributed by atoms with Crippen molar-refractivity contribution in [3.63, 3.8) is 0 Å². The van der Waals surface area contributed by atoms with Crippen LogP contribution in [-0.4, -0.2) is 15.1 Å². The first-order chi connectivity index (χ1) is 10.7. The van der Waals surface area contributed by atoms with Crippen LogP contribution in [0.15, 0.2) is 40.2 Å². The molecule has 0 amide bonds. The quantitative estimate of drug-likeness (QED) is 0.801. The maximum atomic E-state index is 6.21. The van der Waals surface area contributed by atoms with Gasteiger partial charge in [0.25, 0.3) is 0 Å². The molecular weight excluding hydrogens is 296 g/mol. The van der Waals surface area contributed by atoms with Crippen molar-refractivity contribution < 1.29 is 4.52 Å². The van der Waals surface area contributed by atoms with Crippen LogP contribution in [0.5, 0.6) is 0 Å². The van der Waals surface area contributed by atoms with Gasteiger partial charge in [0.1, 0.15) is 5.01 Å². The van der Waals surface area contributed by atoms with E-state index in [9.17, 15) is 0 Å². The number of nitrogens with zero attached hydrogens (tertiary/aromatic N) is 3. The molecule has 5 nitrogen and oxygen atoms in total. The Morgan fingerprint density at radius 3 is 2.73 bits per heavy atom. The van der Waals surface area contributed by atoms with Crippen molar-refractivity contribution in [3.05, 3.63) is 53.1 Å². The summed E-state index contributed by atoms with van der Waals surface area (Å²) in [5.74, 6) is 1.21. The van der Waals surface area contributed by atoms with E-state index >= 15 is 0 Å². The molecule has 0 radical (unpaired) electrons. The number of hydrogen-bond donors (Lipinski definition) is 1. The lowest BCUT2D eigenvalue weighted by Gasteiger charge is -2.34. The molecular formula is C16H16N4OS. The Labute approximate surface area is 132 Å². The van der Waals surface area contributed by atoms with E-state index in [1.807, 2.05) is 23.6 Å². The molecule has 1 aromatic carbocycles. The fourth-order valence-electron chi connectivity index (χ4n) is 2.57. The van der Waals surface area contributed by atoms with Crippen molar-refractivity contribution in [2.24, 2.45) is 5.73 Å². The number of thiazole rings is 1. The molecule has 1 fully saturated rings. The first kappa shape index (κ1) is 13.6. The van der Waals surface area contributed by atoms with E-state index < -0.39 is 0 Å². The second-order valence-corrected chi connectivity index (χ2v) is 6.57. The summed E-state index contributed by atoms with van der Waals surface area (Å²) in [5, 5.41) is 7.08. The van der Waals surface area contributed by atoms with Gasteiger partial charge in [-0.05, 0) is 19.3 Å². The normalized spacial score (nSPS) is 16.4. The molecule has 0 aliphatic heterocycles. The Balaban J connectivity index is 1.51. The van der Waals surface area contributed by atoms with Gasteiger partial charge in [-0.15, -0.1) is 11.3 Å². The maximum Gasteiger partial charge on any atom is 0.232 e. The van der Waals surface area contributed by atoms with E-state index in [0.717, 1.165) is 35.5 Å². The van der Waals surface area contributed by atoms with Crippen molar-refractivity contribution in [3.8, 4) is 10.6 Å². The summed E-state index contributed by atoms with van der Waals surface area (Å²) in [7, 11) is 0. The summed E-state index contributed by atoms with van der Waals surface area (Å²) in [4.78, 5) is 9.08. The summed E-state index contributed by atoms with van der Waals surface area (Å²) in [5.41, 5.74) is 7.91. The fourth-order valence-corrected chi connectivity index (χ4v) is 3.39. The molecule has 1 aliphatic carbocycles. The van der Waals surface area contributed by atoms with Crippen molar-refractivity contribution in [2.45, 2.75) is 31.2 Å². The summed E-state index contributed by atoms with van der Waals surface area (Å²) in [6.45, 7) is 0. The summed E-state index contributed by atoms with van der Waals surface area (Å²) in [6, 6.07) is 10.1. The van der Waals surface area contributed by atoms with Gasteiger partial charge in [-0.1, -0.05) is 35.5 Å². The van der Waals surface area contributed by atoms with Gasteiger partial charge in [-0.2, -0.15) is 4.98 Å². The molecule has 1 aliphatic rings. The minimum Gasteiger partial charge on any atom is -0.339 e. The van der Waals surface area contributed by atoms with Crippen LogP contribution in [0, 0.1) is 0 Å². The highest BCUT2D eigenvalue weighted by Crippen LogP contribution is 2.37. The van der Waals surface area contributed by atoms with Gasteiger partial charge in [0, 0.05) is 10.9 Å². The van der Waals surface area contributed by atoms with Crippen molar-refractivity contribution in [2.75, 3.05) is 0 Å². The molecule has 0 saturated heterocycles. The molecule has 2 aromatic heterocycles. The standard InChI is InChI=1S/C16H16N4OS/c17-16(7-4-8-16)15-19-13(21-20-15)9-12-10-22-14(18-12)11-5-2-1-3-6-11/h1-3,5-6,10H,4,7-9,17H2. The van der Waals surface area contributed by atoms with Crippen LogP contribution in [0.2, 0.25) is 0 Å². The molecule has 4 rings (SSSR count). The summed E-state index contributed by atoms with van der Waals surface area (Å²) in [6.07, 6.45) is 3.54. The van der Waals surface area contributed by atoms with E-state index in [1.165, 1.54) is 0 Å². The van der Waals surface area contributed by atoms with E-state index in [-0.39, 0.29) is 5.54 Å². The minimum absolute atomic E-state index is 0.376. The number of rotatable bonds is 4. The maximum absolute atomic E-state index is 6.21. The Hall–Kier alpha value is -2.05. The first-order valence-electron chi connectivity index (χ1n) is 7.35. The van der Waals surface area contributed by atoms with Gasteiger partial charge >= 0.3 is 0 Å². The molecule has 112 valence electrons. The van der Waals surface area contributed by atoms with Crippen LogP contribution in [0.3, 0.4) is 0 Å². The van der Waals surface area contributed by atoms with Gasteiger partial charge in [0.2, 0.25) is 5.89 Å². The van der Waals surface area contributed by atoms with E-state index in [0.29, 0.717) is 18.1 Å². The number of aromatic nitrogens is 3. The van der Waals surface area contributed by atoms with Gasteiger partial charge in [-0.3, -0.25) is 0 Å². The zero-order valence-electron chi connectivity index (χ0n) is 12.0. The second kappa shape index (κ2) is 5.30. The van der Waals surface area contributed by atoms with E-state index in [4.69, 9.17) is 10.3 Å². The SMILES string of the molecule is NC1(c2noc(Cc3csc(-c4ccccc4)n3)n2)CCC1. The average molecular weight is 312 g/mol. The van der Waals surface area contributed by atoms with Gasteiger partial charge in [0.05, 0.1) is 17.7 Å². The lowest BCUT2D eigenvalue weighted by atomic mass is 9.77. The third kappa shape index (κ3) is 2.44. The Bertz CT molecular complexity index is 776. The van der Waals surface area contributed by atoms with Gasteiger partial charge < -0.3 is 10.3 Å². The van der Waals surface area contributed by atoms with Crippen LogP contribution in [0.1, 0.15) is 36.7 Å². The molecule has 0 bridgehead atoms. The topological polar surface area (TPSA) is 77.8 Å². The Morgan fingerprint density at radius 1 is 1.18 bits per heavy atom. The molecule has 22 heavy (non-hydrogen) atoms. The van der Waals surface area contributed by atoms with Crippen LogP contribution < -0.4 is 5.73 Å². The van der Waals surface area contributed by atoms with Crippen LogP contribution in [0.4, 0.5) is 0 Å². The zero-order chi connectivity index (χ0) is 15.0. The van der Waals surface area contributed by atoms with Crippen LogP contribution >= 0.6 is 11.3 Å². The number of hydrogen-bond acceptors (Lipinski definition) is 6. The molecule has 0 atom stereocenters. The predicted octanol–water partition coefficient (Wildman–Crippen LogP) is 3.12. The van der Waals surface area contributed by atoms with Crippen LogP contribution in [-0.2, 0) is 12.0 Å². The zero-order valence-corrected chi connectivity index (χ0v) is 12.8. The van der Waals surface area contributed by atoms with Gasteiger partial charge in [0.15, 0.2) is 5.82 Å². The van der Waals surface area contributed by atoms with Crippen LogP contribution in [0.25, 0.3) is 10.6 Å². The molecule has 1 saturated carbocycles. The monoisotopic (exact) mass is 312 g/mol. The third-order valence-electron chi connectivity index (χ3n) is 4.06. The number of nitrogens with two attached hydrogens (primary N) is 1. The fraction of sp³-hybridized carbons (Fsp3) is 0.312. The largest absolute Gasteiger partial charge is 0.339 e. The summed E-state index contributed by atoms with van der Waals surface area (Å²) >= 11 is 1.62. The molecule has 0 spiro atoms. The lowest BCUT2D eigenvalue weighted by molar-refractivity contribution is 0.229. The van der Waals surface area contributed by atoms with Crippen molar-refractivity contribution in [1.82, 2.24) is 15.1 Å². The molecule has 0 unspecified atom stereocenters. The average Bonchev–Trinajstić information content (AvgIpc) is 3.16. The van der Waals surface area contributed by atoms with Crippen molar-refractivity contribution in [1.29, 1.82) is 0 Å². The lowest BCUT2D eigenvalue weighted by Crippen LogP contribution is -2.44. The number of benzene rings is 1. The smallest absolute Gasteiger partial charge is 0.232 e. The molecule has 3 aromatic rings. The minimum atomic E-state index is -0.376. The highest BCUT2D eigenvalue weighted by molar-refractivity contribution is 7.13. The third-order valence-corrected chi connectivity index (χ3v) is 5.00. The Morgan fingerprint density at radius 2 is 2.00 bits per heavy atom. The summed E-state index contributed by atoms with van der Waals surface area (Å²) < 4.78 is 5.33. The Kier molecular flexibility index (Phi) is 3.28. The predicted molar refractivity (Wildman–Crippen MR) is 84.4 cm³/mol. The second-order valence-electron chi connectivity index (χ2n) is 5.71.